The maximum atomic E-state index is 5.80. The van der Waals surface area contributed by atoms with Crippen molar-refractivity contribution in [2.75, 3.05) is 6.61 Å². The van der Waals surface area contributed by atoms with Gasteiger partial charge in [0.2, 0.25) is 0 Å². The summed E-state index contributed by atoms with van der Waals surface area (Å²) >= 11 is 3.44. The fourth-order valence-corrected chi connectivity index (χ4v) is 1.94. The monoisotopic (exact) mass is 306 g/mol. The predicted molar refractivity (Wildman–Crippen MR) is 76.1 cm³/mol. The summed E-state index contributed by atoms with van der Waals surface area (Å²) in [5.41, 5.74) is 1.14. The summed E-state index contributed by atoms with van der Waals surface area (Å²) in [6, 6.07) is 15.9. The highest BCUT2D eigenvalue weighted by atomic mass is 79.9. The average molecular weight is 307 g/mol. The van der Waals surface area contributed by atoms with Crippen LogP contribution in [-0.4, -0.2) is 6.61 Å². The van der Waals surface area contributed by atoms with Crippen LogP contribution in [0.15, 0.2) is 53.0 Å². The van der Waals surface area contributed by atoms with Gasteiger partial charge in [0, 0.05) is 4.47 Å². The molecule has 2 rings (SSSR count). The number of ether oxygens (including phenoxy) is 2. The summed E-state index contributed by atoms with van der Waals surface area (Å²) in [4.78, 5) is 0. The van der Waals surface area contributed by atoms with Gasteiger partial charge in [-0.25, -0.2) is 0 Å². The molecule has 0 saturated heterocycles. The molecule has 18 heavy (non-hydrogen) atoms. The molecule has 0 spiro atoms. The smallest absolute Gasteiger partial charge is 0.162 e. The molecule has 0 aliphatic rings. The van der Waals surface area contributed by atoms with Gasteiger partial charge in [0.1, 0.15) is 6.61 Å². The van der Waals surface area contributed by atoms with Gasteiger partial charge >= 0.3 is 0 Å². The summed E-state index contributed by atoms with van der Waals surface area (Å²) in [5.74, 6) is 1.53. The molecule has 3 heteroatoms. The molecule has 0 radical (unpaired) electrons. The maximum absolute atomic E-state index is 5.80. The van der Waals surface area contributed by atoms with Crippen molar-refractivity contribution < 1.29 is 9.47 Å². The Bertz CT molecular complexity index is 497. The second kappa shape index (κ2) is 6.45. The number of halogens is 1. The van der Waals surface area contributed by atoms with Gasteiger partial charge in [0.05, 0.1) is 6.61 Å². The topological polar surface area (TPSA) is 18.5 Å². The molecule has 0 fully saturated rings. The van der Waals surface area contributed by atoms with Gasteiger partial charge in [0.15, 0.2) is 11.5 Å². The lowest BCUT2D eigenvalue weighted by Crippen LogP contribution is -1.99. The van der Waals surface area contributed by atoms with Gasteiger partial charge in [-0.3, -0.25) is 0 Å². The molecule has 2 aromatic carbocycles. The molecule has 0 aliphatic carbocycles. The van der Waals surface area contributed by atoms with Crippen LogP contribution in [0.4, 0.5) is 0 Å². The molecule has 0 unspecified atom stereocenters. The molecular formula is C15H15BrO2. The van der Waals surface area contributed by atoms with Crippen LogP contribution < -0.4 is 9.47 Å². The van der Waals surface area contributed by atoms with Crippen LogP contribution in [0.5, 0.6) is 11.5 Å². The average Bonchev–Trinajstić information content (AvgIpc) is 2.40. The fourth-order valence-electron chi connectivity index (χ4n) is 1.60. The SMILES string of the molecule is CCOc1ccc(Br)cc1OCc1ccccc1. The maximum Gasteiger partial charge on any atom is 0.162 e. The second-order valence-electron chi connectivity index (χ2n) is 3.80. The summed E-state index contributed by atoms with van der Waals surface area (Å²) in [6.45, 7) is 3.13. The molecule has 0 bridgehead atoms. The van der Waals surface area contributed by atoms with Crippen LogP contribution in [0, 0.1) is 0 Å². The molecule has 0 saturated carbocycles. The van der Waals surface area contributed by atoms with Crippen LogP contribution >= 0.6 is 15.9 Å². The zero-order valence-corrected chi connectivity index (χ0v) is 11.8. The first-order valence-corrected chi connectivity index (χ1v) is 6.68. The van der Waals surface area contributed by atoms with Gasteiger partial charge < -0.3 is 9.47 Å². The van der Waals surface area contributed by atoms with Crippen LogP contribution in [0.1, 0.15) is 12.5 Å². The fraction of sp³-hybridized carbons (Fsp3) is 0.200. The lowest BCUT2D eigenvalue weighted by Gasteiger charge is -2.12. The first-order chi connectivity index (χ1) is 8.79. The zero-order valence-electron chi connectivity index (χ0n) is 10.2. The summed E-state index contributed by atoms with van der Waals surface area (Å²) in [7, 11) is 0. The Balaban J connectivity index is 2.10. The number of rotatable bonds is 5. The van der Waals surface area contributed by atoms with E-state index in [4.69, 9.17) is 9.47 Å². The van der Waals surface area contributed by atoms with Crippen molar-refractivity contribution in [3.8, 4) is 11.5 Å². The van der Waals surface area contributed by atoms with Crippen LogP contribution in [0.25, 0.3) is 0 Å². The van der Waals surface area contributed by atoms with Gasteiger partial charge in [-0.1, -0.05) is 46.3 Å². The molecule has 0 aliphatic heterocycles. The third-order valence-electron chi connectivity index (χ3n) is 2.44. The van der Waals surface area contributed by atoms with Crippen LogP contribution in [-0.2, 0) is 6.61 Å². The van der Waals surface area contributed by atoms with E-state index in [-0.39, 0.29) is 0 Å². The van der Waals surface area contributed by atoms with Gasteiger partial charge in [0.25, 0.3) is 0 Å². The van der Waals surface area contributed by atoms with Gasteiger partial charge in [-0.2, -0.15) is 0 Å². The third-order valence-corrected chi connectivity index (χ3v) is 2.94. The largest absolute Gasteiger partial charge is 0.490 e. The van der Waals surface area contributed by atoms with E-state index < -0.39 is 0 Å². The van der Waals surface area contributed by atoms with Crippen molar-refractivity contribution in [2.24, 2.45) is 0 Å². The van der Waals surface area contributed by atoms with Crippen molar-refractivity contribution in [3.63, 3.8) is 0 Å². The minimum absolute atomic E-state index is 0.539. The Kier molecular flexibility index (Phi) is 4.65. The normalized spacial score (nSPS) is 10.1. The van der Waals surface area contributed by atoms with Crippen molar-refractivity contribution in [3.05, 3.63) is 58.6 Å². The highest BCUT2D eigenvalue weighted by Gasteiger charge is 2.05. The van der Waals surface area contributed by atoms with Crippen molar-refractivity contribution in [1.29, 1.82) is 0 Å². The van der Waals surface area contributed by atoms with Crippen LogP contribution in [0.3, 0.4) is 0 Å². The molecule has 0 amide bonds. The van der Waals surface area contributed by atoms with E-state index in [9.17, 15) is 0 Å². The Morgan fingerprint density at radius 3 is 2.44 bits per heavy atom. The quantitative estimate of drug-likeness (QED) is 0.813. The molecule has 0 atom stereocenters. The van der Waals surface area contributed by atoms with E-state index in [1.54, 1.807) is 0 Å². The zero-order chi connectivity index (χ0) is 12.8. The van der Waals surface area contributed by atoms with Crippen molar-refractivity contribution in [2.45, 2.75) is 13.5 Å². The third kappa shape index (κ3) is 3.50. The van der Waals surface area contributed by atoms with E-state index in [1.807, 2.05) is 55.5 Å². The number of hydrogen-bond acceptors (Lipinski definition) is 2. The number of hydrogen-bond donors (Lipinski definition) is 0. The number of benzene rings is 2. The molecule has 0 N–H and O–H groups in total. The Morgan fingerprint density at radius 1 is 0.944 bits per heavy atom. The highest BCUT2D eigenvalue weighted by molar-refractivity contribution is 9.10. The molecule has 0 aromatic heterocycles. The van der Waals surface area contributed by atoms with Crippen molar-refractivity contribution in [1.82, 2.24) is 0 Å². The highest BCUT2D eigenvalue weighted by Crippen LogP contribution is 2.31. The van der Waals surface area contributed by atoms with E-state index in [0.29, 0.717) is 13.2 Å². The van der Waals surface area contributed by atoms with Gasteiger partial charge in [-0.15, -0.1) is 0 Å². The minimum atomic E-state index is 0.539. The molecule has 0 heterocycles. The Morgan fingerprint density at radius 2 is 1.72 bits per heavy atom. The van der Waals surface area contributed by atoms with Crippen molar-refractivity contribution >= 4 is 15.9 Å². The molecule has 2 nitrogen and oxygen atoms in total. The van der Waals surface area contributed by atoms with E-state index in [2.05, 4.69) is 15.9 Å². The summed E-state index contributed by atoms with van der Waals surface area (Å²) < 4.78 is 12.3. The summed E-state index contributed by atoms with van der Waals surface area (Å²) in [6.07, 6.45) is 0. The standard InChI is InChI=1S/C15H15BrO2/c1-2-17-14-9-8-13(16)10-15(14)18-11-12-6-4-3-5-7-12/h3-10H,2,11H2,1H3. The van der Waals surface area contributed by atoms with Crippen LogP contribution in [0.2, 0.25) is 0 Å². The predicted octanol–water partition coefficient (Wildman–Crippen LogP) is 4.43. The molecule has 2 aromatic rings. The van der Waals surface area contributed by atoms with E-state index in [0.717, 1.165) is 21.5 Å². The van der Waals surface area contributed by atoms with Gasteiger partial charge in [-0.05, 0) is 30.7 Å². The second-order valence-corrected chi connectivity index (χ2v) is 4.71. The lowest BCUT2D eigenvalue weighted by atomic mass is 10.2. The Hall–Kier alpha value is -1.48. The first kappa shape index (κ1) is 13.0. The Labute approximate surface area is 116 Å². The first-order valence-electron chi connectivity index (χ1n) is 5.88. The van der Waals surface area contributed by atoms with E-state index >= 15 is 0 Å². The lowest BCUT2D eigenvalue weighted by molar-refractivity contribution is 0.269. The molecule has 94 valence electrons. The molecular weight excluding hydrogens is 292 g/mol. The van der Waals surface area contributed by atoms with E-state index in [1.165, 1.54) is 0 Å². The minimum Gasteiger partial charge on any atom is -0.490 e. The summed E-state index contributed by atoms with van der Waals surface area (Å²) in [5, 5.41) is 0.